The highest BCUT2D eigenvalue weighted by atomic mass is 32.1. The third kappa shape index (κ3) is 2.20. The van der Waals surface area contributed by atoms with Crippen LogP contribution in [0.2, 0.25) is 0 Å². The maximum Gasteiger partial charge on any atom is 0.211 e. The lowest BCUT2D eigenvalue weighted by Crippen LogP contribution is -1.96. The minimum atomic E-state index is 0.684. The first-order valence-electron chi connectivity index (χ1n) is 5.81. The summed E-state index contributed by atoms with van der Waals surface area (Å²) in [5.41, 5.74) is 3.78. The van der Waals surface area contributed by atoms with Gasteiger partial charge in [-0.2, -0.15) is 0 Å². The molecular formula is C14H11N3OS. The minimum absolute atomic E-state index is 0.684. The van der Waals surface area contributed by atoms with Crippen LogP contribution in [-0.2, 0) is 4.79 Å². The van der Waals surface area contributed by atoms with Gasteiger partial charge in [0.1, 0.15) is 15.4 Å². The topological polar surface area (TPSA) is 54.9 Å². The van der Waals surface area contributed by atoms with Crippen molar-refractivity contribution in [3.05, 3.63) is 42.1 Å². The normalized spacial score (nSPS) is 10.6. The van der Waals surface area contributed by atoms with Gasteiger partial charge in [0.15, 0.2) is 0 Å². The second kappa shape index (κ2) is 4.78. The highest BCUT2D eigenvalue weighted by Crippen LogP contribution is 2.30. The Hall–Kier alpha value is -2.27. The van der Waals surface area contributed by atoms with E-state index in [1.807, 2.05) is 37.3 Å². The Morgan fingerprint density at radius 2 is 2.21 bits per heavy atom. The van der Waals surface area contributed by atoms with E-state index in [9.17, 15) is 4.79 Å². The molecule has 0 saturated carbocycles. The Morgan fingerprint density at radius 1 is 1.32 bits per heavy atom. The molecule has 3 aromatic rings. The van der Waals surface area contributed by atoms with Crippen molar-refractivity contribution >= 4 is 33.8 Å². The smallest absolute Gasteiger partial charge is 0.211 e. The lowest BCUT2D eigenvalue weighted by Gasteiger charge is -2.05. The van der Waals surface area contributed by atoms with Crippen LogP contribution >= 0.6 is 11.3 Å². The predicted octanol–water partition coefficient (Wildman–Crippen LogP) is 3.24. The van der Waals surface area contributed by atoms with E-state index in [1.54, 1.807) is 17.5 Å². The van der Waals surface area contributed by atoms with Gasteiger partial charge in [-0.1, -0.05) is 11.3 Å². The molecule has 1 aromatic carbocycles. The van der Waals surface area contributed by atoms with Crippen LogP contribution in [0.4, 0.5) is 5.69 Å². The molecule has 0 aliphatic rings. The van der Waals surface area contributed by atoms with E-state index in [4.69, 9.17) is 0 Å². The molecule has 0 fully saturated rings. The highest BCUT2D eigenvalue weighted by molar-refractivity contribution is 7.21. The van der Waals surface area contributed by atoms with Crippen molar-refractivity contribution in [1.29, 1.82) is 0 Å². The first-order chi connectivity index (χ1) is 9.28. The van der Waals surface area contributed by atoms with Gasteiger partial charge in [-0.3, -0.25) is 4.79 Å². The van der Waals surface area contributed by atoms with Gasteiger partial charge in [-0.15, -0.1) is 0 Å². The molecule has 19 heavy (non-hydrogen) atoms. The molecule has 0 spiro atoms. The molecule has 0 unspecified atom stereocenters. The quantitative estimate of drug-likeness (QED) is 0.743. The van der Waals surface area contributed by atoms with Gasteiger partial charge >= 0.3 is 0 Å². The summed E-state index contributed by atoms with van der Waals surface area (Å²) in [7, 11) is 0. The predicted molar refractivity (Wildman–Crippen MR) is 77.3 cm³/mol. The number of benzene rings is 1. The molecule has 0 bridgehead atoms. The zero-order chi connectivity index (χ0) is 13.2. The zero-order valence-electron chi connectivity index (χ0n) is 10.3. The van der Waals surface area contributed by atoms with Crippen molar-refractivity contribution < 1.29 is 4.79 Å². The molecule has 1 amide bonds. The molecule has 0 aliphatic heterocycles. The molecule has 1 N–H and O–H groups in total. The molecule has 0 saturated heterocycles. The van der Waals surface area contributed by atoms with Gasteiger partial charge in [0.2, 0.25) is 6.41 Å². The number of thiazole rings is 1. The molecule has 4 nitrogen and oxygen atoms in total. The number of aryl methyl sites for hydroxylation is 1. The summed E-state index contributed by atoms with van der Waals surface area (Å²) >= 11 is 1.57. The Balaban J connectivity index is 2.06. The Morgan fingerprint density at radius 3 is 2.95 bits per heavy atom. The number of fused-ring (bicyclic) bond motifs is 1. The van der Waals surface area contributed by atoms with Crippen molar-refractivity contribution in [3.8, 4) is 10.6 Å². The molecule has 0 atom stereocenters. The molecule has 0 aliphatic carbocycles. The number of amides is 1. The third-order valence-electron chi connectivity index (χ3n) is 2.85. The SMILES string of the molecule is Cc1cc(-c2nc3cccnc3s2)ccc1NC=O. The van der Waals surface area contributed by atoms with Gasteiger partial charge in [0.05, 0.1) is 0 Å². The number of anilines is 1. The van der Waals surface area contributed by atoms with Gasteiger partial charge < -0.3 is 5.32 Å². The van der Waals surface area contributed by atoms with E-state index < -0.39 is 0 Å². The molecular weight excluding hydrogens is 258 g/mol. The van der Waals surface area contributed by atoms with Crippen molar-refractivity contribution in [1.82, 2.24) is 9.97 Å². The van der Waals surface area contributed by atoms with E-state index in [0.717, 1.165) is 32.2 Å². The fourth-order valence-corrected chi connectivity index (χ4v) is 2.82. The van der Waals surface area contributed by atoms with E-state index in [0.29, 0.717) is 6.41 Å². The molecule has 5 heteroatoms. The van der Waals surface area contributed by atoms with Crippen LogP contribution in [0, 0.1) is 6.92 Å². The average molecular weight is 269 g/mol. The summed E-state index contributed by atoms with van der Waals surface area (Å²) in [5.74, 6) is 0. The molecule has 0 radical (unpaired) electrons. The van der Waals surface area contributed by atoms with Crippen molar-refractivity contribution in [2.45, 2.75) is 6.92 Å². The maximum absolute atomic E-state index is 10.5. The fraction of sp³-hybridized carbons (Fsp3) is 0.0714. The largest absolute Gasteiger partial charge is 0.328 e. The van der Waals surface area contributed by atoms with E-state index >= 15 is 0 Å². The Labute approximate surface area is 114 Å². The van der Waals surface area contributed by atoms with Crippen LogP contribution in [0.5, 0.6) is 0 Å². The Bertz CT molecular complexity index is 718. The summed E-state index contributed by atoms with van der Waals surface area (Å²) < 4.78 is 0. The number of aromatic nitrogens is 2. The number of rotatable bonds is 3. The summed E-state index contributed by atoms with van der Waals surface area (Å²) in [6.45, 7) is 1.96. The van der Waals surface area contributed by atoms with Crippen molar-refractivity contribution in [2.75, 3.05) is 5.32 Å². The van der Waals surface area contributed by atoms with Gasteiger partial charge in [-0.25, -0.2) is 9.97 Å². The number of carbonyl (C=O) groups excluding carboxylic acids is 1. The number of nitrogens with one attached hydrogen (secondary N) is 1. The van der Waals surface area contributed by atoms with Crippen LogP contribution in [0.15, 0.2) is 36.5 Å². The standard InChI is InChI=1S/C14H11N3OS/c1-9-7-10(4-5-11(9)16-8-18)13-17-12-3-2-6-15-14(12)19-13/h2-8H,1H3,(H,16,18). The fourth-order valence-electron chi connectivity index (χ4n) is 1.92. The lowest BCUT2D eigenvalue weighted by atomic mass is 10.1. The number of hydrogen-bond donors (Lipinski definition) is 1. The number of nitrogens with zero attached hydrogens (tertiary/aromatic N) is 2. The lowest BCUT2D eigenvalue weighted by molar-refractivity contribution is -0.105. The average Bonchev–Trinajstić information content (AvgIpc) is 2.85. The highest BCUT2D eigenvalue weighted by Gasteiger charge is 2.08. The number of carbonyl (C=O) groups is 1. The Kier molecular flexibility index (Phi) is 2.97. The second-order valence-corrected chi connectivity index (χ2v) is 5.12. The van der Waals surface area contributed by atoms with Gasteiger partial charge in [0.25, 0.3) is 0 Å². The van der Waals surface area contributed by atoms with E-state index in [2.05, 4.69) is 15.3 Å². The first-order valence-corrected chi connectivity index (χ1v) is 6.62. The van der Waals surface area contributed by atoms with Crippen LogP contribution < -0.4 is 5.32 Å². The molecule has 3 rings (SSSR count). The van der Waals surface area contributed by atoms with Gasteiger partial charge in [-0.05, 0) is 42.8 Å². The summed E-state index contributed by atoms with van der Waals surface area (Å²) in [6, 6.07) is 9.70. The zero-order valence-corrected chi connectivity index (χ0v) is 11.1. The first kappa shape index (κ1) is 11.8. The summed E-state index contributed by atoms with van der Waals surface area (Å²) in [6.07, 6.45) is 2.45. The van der Waals surface area contributed by atoms with Crippen LogP contribution in [0.25, 0.3) is 20.9 Å². The maximum atomic E-state index is 10.5. The molecule has 94 valence electrons. The van der Waals surface area contributed by atoms with Gasteiger partial charge in [0, 0.05) is 17.4 Å². The van der Waals surface area contributed by atoms with E-state index in [1.165, 1.54) is 0 Å². The number of hydrogen-bond acceptors (Lipinski definition) is 4. The second-order valence-electron chi connectivity index (χ2n) is 4.14. The van der Waals surface area contributed by atoms with Crippen LogP contribution in [0.3, 0.4) is 0 Å². The summed E-state index contributed by atoms with van der Waals surface area (Å²) in [4.78, 5) is 20.3. The van der Waals surface area contributed by atoms with Crippen molar-refractivity contribution in [3.63, 3.8) is 0 Å². The monoisotopic (exact) mass is 269 g/mol. The van der Waals surface area contributed by atoms with Crippen molar-refractivity contribution in [2.24, 2.45) is 0 Å². The molecule has 2 aromatic heterocycles. The van der Waals surface area contributed by atoms with Crippen LogP contribution in [0.1, 0.15) is 5.56 Å². The van der Waals surface area contributed by atoms with Crippen LogP contribution in [-0.4, -0.2) is 16.4 Å². The minimum Gasteiger partial charge on any atom is -0.328 e. The third-order valence-corrected chi connectivity index (χ3v) is 3.88. The molecule has 2 heterocycles. The summed E-state index contributed by atoms with van der Waals surface area (Å²) in [5, 5.41) is 3.61. The number of pyridine rings is 1. The van der Waals surface area contributed by atoms with E-state index in [-0.39, 0.29) is 0 Å².